The Hall–Kier alpha value is -1.13. The van der Waals surface area contributed by atoms with Crippen molar-refractivity contribution >= 4 is 11.3 Å². The molecule has 1 atom stereocenters. The molecule has 0 bridgehead atoms. The van der Waals surface area contributed by atoms with Crippen LogP contribution in [0.3, 0.4) is 0 Å². The van der Waals surface area contributed by atoms with Crippen LogP contribution in [0.5, 0.6) is 0 Å². The third-order valence-corrected chi connectivity index (χ3v) is 3.42. The van der Waals surface area contributed by atoms with Crippen LogP contribution >= 0.6 is 11.3 Å². The minimum atomic E-state index is 0.397. The van der Waals surface area contributed by atoms with Crippen LogP contribution in [0.1, 0.15) is 16.5 Å². The molecule has 0 aliphatic heterocycles. The summed E-state index contributed by atoms with van der Waals surface area (Å²) < 4.78 is 1.84. The Labute approximate surface area is 93.7 Å². The van der Waals surface area contributed by atoms with E-state index in [9.17, 15) is 0 Å². The van der Waals surface area contributed by atoms with E-state index in [1.807, 2.05) is 25.0 Å². The van der Waals surface area contributed by atoms with Crippen LogP contribution in [0.25, 0.3) is 0 Å². The lowest BCUT2D eigenvalue weighted by Crippen LogP contribution is -2.17. The van der Waals surface area contributed by atoms with Gasteiger partial charge in [0.2, 0.25) is 0 Å². The molecule has 0 saturated carbocycles. The Kier molecular flexibility index (Phi) is 3.18. The Balaban J connectivity index is 2.09. The summed E-state index contributed by atoms with van der Waals surface area (Å²) in [6.45, 7) is 0. The first-order valence-electron chi connectivity index (χ1n) is 4.98. The average Bonchev–Trinajstić information content (AvgIpc) is 2.85. The summed E-state index contributed by atoms with van der Waals surface area (Å²) in [6.07, 6.45) is 4.99. The molecule has 80 valence electrons. The van der Waals surface area contributed by atoms with E-state index in [0.717, 1.165) is 6.42 Å². The van der Waals surface area contributed by atoms with Crippen molar-refractivity contribution in [2.45, 2.75) is 12.5 Å². The Morgan fingerprint density at radius 1 is 1.60 bits per heavy atom. The summed E-state index contributed by atoms with van der Waals surface area (Å²) in [7, 11) is 3.95. The number of hydrogen-bond donors (Lipinski definition) is 1. The zero-order valence-corrected chi connectivity index (χ0v) is 9.79. The summed E-state index contributed by atoms with van der Waals surface area (Å²) in [4.78, 5) is 1.38. The Morgan fingerprint density at radius 2 is 2.47 bits per heavy atom. The van der Waals surface area contributed by atoms with E-state index in [-0.39, 0.29) is 0 Å². The summed E-state index contributed by atoms with van der Waals surface area (Å²) in [6, 6.07) is 4.66. The molecule has 0 fully saturated rings. The molecule has 0 amide bonds. The van der Waals surface area contributed by atoms with Crippen molar-refractivity contribution in [3.63, 3.8) is 0 Å². The van der Waals surface area contributed by atoms with Crippen LogP contribution in [-0.2, 0) is 13.5 Å². The molecule has 3 nitrogen and oxygen atoms in total. The van der Waals surface area contributed by atoms with Gasteiger partial charge in [0, 0.05) is 24.2 Å². The highest BCUT2D eigenvalue weighted by Crippen LogP contribution is 2.22. The quantitative estimate of drug-likeness (QED) is 0.855. The average molecular weight is 221 g/mol. The molecule has 15 heavy (non-hydrogen) atoms. The summed E-state index contributed by atoms with van der Waals surface area (Å²) in [5.74, 6) is 0. The maximum Gasteiger partial charge on any atom is 0.0522 e. The first kappa shape index (κ1) is 10.4. The van der Waals surface area contributed by atoms with Gasteiger partial charge in [-0.05, 0) is 30.5 Å². The van der Waals surface area contributed by atoms with Gasteiger partial charge in [-0.3, -0.25) is 4.68 Å². The lowest BCUT2D eigenvalue weighted by molar-refractivity contribution is 0.602. The first-order chi connectivity index (χ1) is 7.29. The molecule has 2 heterocycles. The lowest BCUT2D eigenvalue weighted by atomic mass is 10.1. The second-order valence-corrected chi connectivity index (χ2v) is 4.56. The van der Waals surface area contributed by atoms with Crippen LogP contribution in [0, 0.1) is 0 Å². The van der Waals surface area contributed by atoms with Gasteiger partial charge in [-0.25, -0.2) is 0 Å². The number of aromatic nitrogens is 2. The molecule has 0 aliphatic rings. The van der Waals surface area contributed by atoms with Gasteiger partial charge in [-0.2, -0.15) is 5.10 Å². The fourth-order valence-electron chi connectivity index (χ4n) is 1.65. The topological polar surface area (TPSA) is 29.9 Å². The Bertz CT molecular complexity index is 405. The zero-order valence-electron chi connectivity index (χ0n) is 8.97. The van der Waals surface area contributed by atoms with Crippen molar-refractivity contribution in [3.8, 4) is 0 Å². The standard InChI is InChI=1S/C11H15N3S/c1-12-10(11-4-3-5-15-11)6-9-7-13-14(2)8-9/h3-5,7-8,10,12H,6H2,1-2H3. The van der Waals surface area contributed by atoms with E-state index in [2.05, 4.69) is 34.1 Å². The largest absolute Gasteiger partial charge is 0.312 e. The first-order valence-corrected chi connectivity index (χ1v) is 5.85. The van der Waals surface area contributed by atoms with E-state index in [1.54, 1.807) is 11.3 Å². The minimum absolute atomic E-state index is 0.397. The van der Waals surface area contributed by atoms with Crippen molar-refractivity contribution in [2.24, 2.45) is 7.05 Å². The number of aryl methyl sites for hydroxylation is 1. The predicted molar refractivity (Wildman–Crippen MR) is 63.0 cm³/mol. The molecule has 0 saturated heterocycles. The fourth-order valence-corrected chi connectivity index (χ4v) is 2.48. The third-order valence-electron chi connectivity index (χ3n) is 2.43. The number of rotatable bonds is 4. The maximum atomic E-state index is 4.18. The second-order valence-electron chi connectivity index (χ2n) is 3.58. The molecule has 1 unspecified atom stereocenters. The van der Waals surface area contributed by atoms with Crippen LogP contribution in [0.2, 0.25) is 0 Å². The SMILES string of the molecule is CNC(Cc1cnn(C)c1)c1cccs1. The fraction of sp³-hybridized carbons (Fsp3) is 0.364. The maximum absolute atomic E-state index is 4.18. The van der Waals surface area contributed by atoms with Crippen LogP contribution < -0.4 is 5.32 Å². The second kappa shape index (κ2) is 4.59. The smallest absolute Gasteiger partial charge is 0.0522 e. The van der Waals surface area contributed by atoms with Gasteiger partial charge in [0.1, 0.15) is 0 Å². The van der Waals surface area contributed by atoms with E-state index >= 15 is 0 Å². The van der Waals surface area contributed by atoms with Crippen molar-refractivity contribution in [1.29, 1.82) is 0 Å². The molecular weight excluding hydrogens is 206 g/mol. The molecule has 0 spiro atoms. The van der Waals surface area contributed by atoms with Crippen molar-refractivity contribution in [2.75, 3.05) is 7.05 Å². The Morgan fingerprint density at radius 3 is 3.00 bits per heavy atom. The zero-order chi connectivity index (χ0) is 10.7. The molecule has 2 rings (SSSR count). The molecule has 2 aromatic rings. The van der Waals surface area contributed by atoms with E-state index in [1.165, 1.54) is 10.4 Å². The minimum Gasteiger partial charge on any atom is -0.312 e. The van der Waals surface area contributed by atoms with Gasteiger partial charge in [0.05, 0.1) is 6.20 Å². The van der Waals surface area contributed by atoms with E-state index < -0.39 is 0 Å². The van der Waals surface area contributed by atoms with Gasteiger partial charge >= 0.3 is 0 Å². The van der Waals surface area contributed by atoms with Gasteiger partial charge in [0.25, 0.3) is 0 Å². The molecule has 4 heteroatoms. The molecular formula is C11H15N3S. The monoisotopic (exact) mass is 221 g/mol. The number of nitrogens with one attached hydrogen (secondary N) is 1. The molecule has 0 aliphatic carbocycles. The molecule has 1 N–H and O–H groups in total. The van der Waals surface area contributed by atoms with E-state index in [4.69, 9.17) is 0 Å². The van der Waals surface area contributed by atoms with Gasteiger partial charge in [-0.1, -0.05) is 6.07 Å². The van der Waals surface area contributed by atoms with Crippen molar-refractivity contribution in [1.82, 2.24) is 15.1 Å². The van der Waals surface area contributed by atoms with Gasteiger partial charge in [-0.15, -0.1) is 11.3 Å². The third kappa shape index (κ3) is 2.46. The molecule has 0 radical (unpaired) electrons. The number of likely N-dealkylation sites (N-methyl/N-ethyl adjacent to an activating group) is 1. The van der Waals surface area contributed by atoms with Crippen molar-refractivity contribution < 1.29 is 0 Å². The summed E-state index contributed by atoms with van der Waals surface area (Å²) in [5.41, 5.74) is 1.27. The van der Waals surface area contributed by atoms with E-state index in [0.29, 0.717) is 6.04 Å². The highest BCUT2D eigenvalue weighted by Gasteiger charge is 2.11. The van der Waals surface area contributed by atoms with Crippen molar-refractivity contribution in [3.05, 3.63) is 40.3 Å². The highest BCUT2D eigenvalue weighted by molar-refractivity contribution is 7.10. The number of thiophene rings is 1. The molecule has 0 aromatic carbocycles. The lowest BCUT2D eigenvalue weighted by Gasteiger charge is -2.12. The normalized spacial score (nSPS) is 12.9. The van der Waals surface area contributed by atoms with Crippen LogP contribution in [0.4, 0.5) is 0 Å². The van der Waals surface area contributed by atoms with Gasteiger partial charge < -0.3 is 5.32 Å². The van der Waals surface area contributed by atoms with Gasteiger partial charge in [0.15, 0.2) is 0 Å². The summed E-state index contributed by atoms with van der Waals surface area (Å²) >= 11 is 1.79. The predicted octanol–water partition coefficient (Wildman–Crippen LogP) is 1.98. The van der Waals surface area contributed by atoms with Crippen LogP contribution in [0.15, 0.2) is 29.9 Å². The van der Waals surface area contributed by atoms with Crippen LogP contribution in [-0.4, -0.2) is 16.8 Å². The number of nitrogens with zero attached hydrogens (tertiary/aromatic N) is 2. The molecule has 2 aromatic heterocycles. The number of hydrogen-bond acceptors (Lipinski definition) is 3. The summed E-state index contributed by atoms with van der Waals surface area (Å²) in [5, 5.41) is 9.63. The highest BCUT2D eigenvalue weighted by atomic mass is 32.1.